The lowest BCUT2D eigenvalue weighted by Gasteiger charge is -2.38. The van der Waals surface area contributed by atoms with Crippen LogP contribution in [0.4, 0.5) is 16.3 Å². The van der Waals surface area contributed by atoms with Gasteiger partial charge in [-0.3, -0.25) is 4.79 Å². The first-order valence-corrected chi connectivity index (χ1v) is 10.7. The fraction of sp³-hybridized carbons (Fsp3) is 0.455. The quantitative estimate of drug-likeness (QED) is 0.660. The van der Waals surface area contributed by atoms with E-state index in [4.69, 9.17) is 9.47 Å². The second-order valence-corrected chi connectivity index (χ2v) is 7.82. The second-order valence-electron chi connectivity index (χ2n) is 7.82. The van der Waals surface area contributed by atoms with Gasteiger partial charge in [0.05, 0.1) is 7.11 Å². The molecule has 0 bridgehead atoms. The average Bonchev–Trinajstić information content (AvgIpc) is 3.00. The van der Waals surface area contributed by atoms with E-state index in [9.17, 15) is 9.59 Å². The van der Waals surface area contributed by atoms with Crippen LogP contribution in [-0.2, 0) is 11.2 Å². The first kappa shape index (κ1) is 21.8. The van der Waals surface area contributed by atoms with Crippen molar-refractivity contribution in [3.05, 3.63) is 41.9 Å². The van der Waals surface area contributed by atoms with E-state index in [-0.39, 0.29) is 24.7 Å². The molecule has 3 amide bonds. The van der Waals surface area contributed by atoms with E-state index >= 15 is 0 Å². The average molecular weight is 441 g/mol. The van der Waals surface area contributed by atoms with Gasteiger partial charge in [-0.2, -0.15) is 0 Å². The summed E-state index contributed by atoms with van der Waals surface area (Å²) < 4.78 is 10.2. The van der Waals surface area contributed by atoms with Gasteiger partial charge in [-0.15, -0.1) is 0 Å². The molecule has 10 nitrogen and oxygen atoms in total. The molecule has 1 aromatic heterocycles. The maximum Gasteiger partial charge on any atom is 0.322 e. The highest BCUT2D eigenvalue weighted by atomic mass is 16.5. The van der Waals surface area contributed by atoms with Crippen LogP contribution < -0.4 is 20.3 Å². The van der Waals surface area contributed by atoms with Gasteiger partial charge in [-0.25, -0.2) is 14.8 Å². The van der Waals surface area contributed by atoms with Crippen LogP contribution in [-0.4, -0.2) is 73.4 Å². The minimum Gasteiger partial charge on any atom is -0.497 e. The molecule has 0 atom stereocenters. The Kier molecular flexibility index (Phi) is 6.69. The SMILES string of the molecule is COCNC(=O)c1cc(N2CCC(N3CCc4cc(OC)ccc4NC3=O)CC2)ncn1. The Morgan fingerprint density at radius 3 is 2.75 bits per heavy atom. The maximum absolute atomic E-state index is 12.9. The van der Waals surface area contributed by atoms with Crippen LogP contribution >= 0.6 is 0 Å². The molecule has 2 aromatic rings. The Morgan fingerprint density at radius 2 is 2.00 bits per heavy atom. The molecule has 4 rings (SSSR count). The predicted molar refractivity (Wildman–Crippen MR) is 119 cm³/mol. The van der Waals surface area contributed by atoms with Crippen LogP contribution in [0.25, 0.3) is 0 Å². The van der Waals surface area contributed by atoms with E-state index in [1.807, 2.05) is 23.1 Å². The Labute approximate surface area is 186 Å². The molecule has 1 saturated heterocycles. The minimum atomic E-state index is -0.303. The third-order valence-corrected chi connectivity index (χ3v) is 5.93. The van der Waals surface area contributed by atoms with Gasteiger partial charge < -0.3 is 29.9 Å². The van der Waals surface area contributed by atoms with Gasteiger partial charge in [0.2, 0.25) is 0 Å². The van der Waals surface area contributed by atoms with Gasteiger partial charge in [0.1, 0.15) is 30.3 Å². The number of aromatic nitrogens is 2. The van der Waals surface area contributed by atoms with E-state index in [0.717, 1.165) is 49.4 Å². The molecule has 170 valence electrons. The van der Waals surface area contributed by atoms with Crippen molar-refractivity contribution in [1.82, 2.24) is 20.2 Å². The van der Waals surface area contributed by atoms with E-state index in [1.54, 1.807) is 13.2 Å². The number of rotatable bonds is 6. The highest BCUT2D eigenvalue weighted by Gasteiger charge is 2.30. The van der Waals surface area contributed by atoms with Gasteiger partial charge in [-0.1, -0.05) is 0 Å². The van der Waals surface area contributed by atoms with Gasteiger partial charge >= 0.3 is 6.03 Å². The van der Waals surface area contributed by atoms with Crippen LogP contribution in [0.5, 0.6) is 5.75 Å². The maximum atomic E-state index is 12.9. The third-order valence-electron chi connectivity index (χ3n) is 5.93. The first-order chi connectivity index (χ1) is 15.6. The summed E-state index contributed by atoms with van der Waals surface area (Å²) in [7, 11) is 3.15. The molecule has 2 N–H and O–H groups in total. The summed E-state index contributed by atoms with van der Waals surface area (Å²) in [4.78, 5) is 37.5. The number of anilines is 2. The normalized spacial score (nSPS) is 16.8. The number of benzene rings is 1. The number of hydrogen-bond acceptors (Lipinski definition) is 7. The molecule has 0 unspecified atom stereocenters. The van der Waals surface area contributed by atoms with Crippen LogP contribution in [0.1, 0.15) is 28.9 Å². The van der Waals surface area contributed by atoms with E-state index < -0.39 is 0 Å². The minimum absolute atomic E-state index is 0.0634. The van der Waals surface area contributed by atoms with Gasteiger partial charge in [0.25, 0.3) is 5.91 Å². The van der Waals surface area contributed by atoms with Crippen LogP contribution in [0.3, 0.4) is 0 Å². The summed E-state index contributed by atoms with van der Waals surface area (Å²) in [5.74, 6) is 1.20. The van der Waals surface area contributed by atoms with Crippen molar-refractivity contribution in [2.75, 3.05) is 50.8 Å². The Hall–Kier alpha value is -3.40. The Morgan fingerprint density at radius 1 is 1.19 bits per heavy atom. The fourth-order valence-electron chi connectivity index (χ4n) is 4.18. The number of hydrogen-bond donors (Lipinski definition) is 2. The molecule has 1 aromatic carbocycles. The fourth-order valence-corrected chi connectivity index (χ4v) is 4.18. The molecule has 2 aliphatic heterocycles. The Balaban J connectivity index is 1.38. The summed E-state index contributed by atoms with van der Waals surface area (Å²) in [6, 6.07) is 7.51. The van der Waals surface area contributed by atoms with Crippen molar-refractivity contribution in [3.8, 4) is 5.75 Å². The van der Waals surface area contributed by atoms with Crippen LogP contribution in [0, 0.1) is 0 Å². The Bertz CT molecular complexity index is 977. The molecular weight excluding hydrogens is 412 g/mol. The molecule has 0 spiro atoms. The highest BCUT2D eigenvalue weighted by Crippen LogP contribution is 2.28. The third kappa shape index (κ3) is 4.75. The number of nitrogens with zero attached hydrogens (tertiary/aromatic N) is 4. The number of piperidine rings is 1. The summed E-state index contributed by atoms with van der Waals surface area (Å²) in [5.41, 5.74) is 2.23. The second kappa shape index (κ2) is 9.82. The van der Waals surface area contributed by atoms with Crippen molar-refractivity contribution in [2.24, 2.45) is 0 Å². The molecular formula is C22H28N6O4. The number of carbonyl (C=O) groups is 2. The molecule has 2 aliphatic rings. The van der Waals surface area contributed by atoms with Crippen molar-refractivity contribution < 1.29 is 19.1 Å². The lowest BCUT2D eigenvalue weighted by atomic mass is 10.0. The van der Waals surface area contributed by atoms with E-state index in [1.165, 1.54) is 13.4 Å². The van der Waals surface area contributed by atoms with E-state index in [2.05, 4.69) is 25.5 Å². The monoisotopic (exact) mass is 440 g/mol. The topological polar surface area (TPSA) is 109 Å². The summed E-state index contributed by atoms with van der Waals surface area (Å²) in [5, 5.41) is 5.67. The highest BCUT2D eigenvalue weighted by molar-refractivity contribution is 5.93. The van der Waals surface area contributed by atoms with Crippen molar-refractivity contribution in [2.45, 2.75) is 25.3 Å². The van der Waals surface area contributed by atoms with E-state index in [0.29, 0.717) is 18.1 Å². The molecule has 0 aliphatic carbocycles. The van der Waals surface area contributed by atoms with Crippen molar-refractivity contribution >= 4 is 23.4 Å². The molecule has 0 saturated carbocycles. The predicted octanol–water partition coefficient (Wildman–Crippen LogP) is 1.88. The summed E-state index contributed by atoms with van der Waals surface area (Å²) in [6.45, 7) is 2.27. The molecule has 1 fully saturated rings. The largest absolute Gasteiger partial charge is 0.497 e. The van der Waals surface area contributed by atoms with Gasteiger partial charge in [0, 0.05) is 44.5 Å². The molecule has 10 heteroatoms. The number of urea groups is 1. The number of amides is 3. The molecule has 0 radical (unpaired) electrons. The smallest absolute Gasteiger partial charge is 0.322 e. The lowest BCUT2D eigenvalue weighted by Crippen LogP contribution is -2.49. The van der Waals surface area contributed by atoms with Crippen molar-refractivity contribution in [1.29, 1.82) is 0 Å². The molecule has 32 heavy (non-hydrogen) atoms. The van der Waals surface area contributed by atoms with Gasteiger partial charge in [-0.05, 0) is 43.0 Å². The zero-order valence-electron chi connectivity index (χ0n) is 18.3. The van der Waals surface area contributed by atoms with Crippen molar-refractivity contribution in [3.63, 3.8) is 0 Å². The molecule has 3 heterocycles. The van der Waals surface area contributed by atoms with Crippen LogP contribution in [0.2, 0.25) is 0 Å². The summed E-state index contributed by atoms with van der Waals surface area (Å²) in [6.07, 6.45) is 3.82. The number of ether oxygens (including phenoxy) is 2. The number of nitrogens with one attached hydrogen (secondary N) is 2. The number of methoxy groups -OCH3 is 2. The van der Waals surface area contributed by atoms with Gasteiger partial charge in [0.15, 0.2) is 0 Å². The number of fused-ring (bicyclic) bond motifs is 1. The first-order valence-electron chi connectivity index (χ1n) is 10.7. The zero-order chi connectivity index (χ0) is 22.5. The van der Waals surface area contributed by atoms with Crippen LogP contribution in [0.15, 0.2) is 30.6 Å². The standard InChI is InChI=1S/C22H28N6O4/c1-31-14-25-21(29)19-12-20(24-13-23-19)27-8-6-16(7-9-27)28-10-5-15-11-17(32-2)3-4-18(15)26-22(28)30/h3-4,11-13,16H,5-10,14H2,1-2H3,(H,25,29)(H,26,30). The summed E-state index contributed by atoms with van der Waals surface area (Å²) >= 11 is 0. The lowest BCUT2D eigenvalue weighted by molar-refractivity contribution is 0.0867. The number of carbonyl (C=O) groups excluding carboxylic acids is 2. The zero-order valence-corrected chi connectivity index (χ0v) is 18.3.